The fourth-order valence-corrected chi connectivity index (χ4v) is 3.63. The third-order valence-corrected chi connectivity index (χ3v) is 5.05. The Bertz CT molecular complexity index is 616. The Morgan fingerprint density at radius 1 is 1.40 bits per heavy atom. The summed E-state index contributed by atoms with van der Waals surface area (Å²) < 4.78 is 1.29. The maximum absolute atomic E-state index is 11.4. The van der Waals surface area contributed by atoms with Crippen molar-refractivity contribution in [3.63, 3.8) is 0 Å². The molecule has 1 fully saturated rings. The van der Waals surface area contributed by atoms with Crippen molar-refractivity contribution in [1.82, 2.24) is 9.88 Å². The molecule has 0 atom stereocenters. The van der Waals surface area contributed by atoms with Crippen molar-refractivity contribution >= 4 is 33.1 Å². The van der Waals surface area contributed by atoms with Crippen LogP contribution in [0.25, 0.3) is 10.1 Å². The minimum atomic E-state index is 0.154. The first kappa shape index (κ1) is 13.4. The molecule has 3 rings (SSSR count). The van der Waals surface area contributed by atoms with Gasteiger partial charge in [0.25, 0.3) is 0 Å². The number of hydrogen-bond acceptors (Lipinski definition) is 4. The number of thiophene rings is 1. The number of carbonyl (C=O) groups excluding carboxylic acids is 1. The van der Waals surface area contributed by atoms with Crippen LogP contribution in [-0.2, 0) is 4.79 Å². The van der Waals surface area contributed by atoms with Gasteiger partial charge in [-0.2, -0.15) is 0 Å². The first-order valence-electron chi connectivity index (χ1n) is 6.97. The highest BCUT2D eigenvalue weighted by Gasteiger charge is 2.25. The van der Waals surface area contributed by atoms with Crippen molar-refractivity contribution in [3.05, 3.63) is 23.7 Å². The summed E-state index contributed by atoms with van der Waals surface area (Å²) in [7, 11) is 1.90. The van der Waals surface area contributed by atoms with Crippen molar-refractivity contribution in [2.45, 2.75) is 25.8 Å². The Morgan fingerprint density at radius 3 is 2.85 bits per heavy atom. The largest absolute Gasteiger partial charge is 0.356 e. The molecule has 3 heterocycles. The molecular weight excluding hydrogens is 270 g/mol. The molecular formula is C15H19N3OS. The minimum Gasteiger partial charge on any atom is -0.356 e. The van der Waals surface area contributed by atoms with Gasteiger partial charge in [0.1, 0.15) is 5.82 Å². The smallest absolute Gasteiger partial charge is 0.219 e. The lowest BCUT2D eigenvalue weighted by molar-refractivity contribution is -0.129. The van der Waals surface area contributed by atoms with Crippen LogP contribution >= 0.6 is 11.3 Å². The fraction of sp³-hybridized carbons (Fsp3) is 0.467. The summed E-state index contributed by atoms with van der Waals surface area (Å²) in [6.45, 7) is 3.56. The lowest BCUT2D eigenvalue weighted by atomic mass is 10.0. The van der Waals surface area contributed by atoms with Gasteiger partial charge >= 0.3 is 0 Å². The molecule has 0 N–H and O–H groups in total. The summed E-state index contributed by atoms with van der Waals surface area (Å²) in [5.41, 5.74) is 0. The Kier molecular flexibility index (Phi) is 3.61. The van der Waals surface area contributed by atoms with Crippen molar-refractivity contribution in [2.75, 3.05) is 25.0 Å². The van der Waals surface area contributed by atoms with E-state index in [0.29, 0.717) is 6.04 Å². The number of fused-ring (bicyclic) bond motifs is 1. The molecule has 5 heteroatoms. The SMILES string of the molecule is CC(=O)N(C)C1CCN(c2nccc3sccc23)CC1. The Hall–Kier alpha value is -1.62. The van der Waals surface area contributed by atoms with E-state index in [1.165, 1.54) is 10.1 Å². The second-order valence-electron chi connectivity index (χ2n) is 5.32. The Balaban J connectivity index is 1.75. The third-order valence-electron chi connectivity index (χ3n) is 4.17. The predicted octanol–water partition coefficient (Wildman–Crippen LogP) is 2.74. The molecule has 0 aliphatic carbocycles. The highest BCUT2D eigenvalue weighted by Crippen LogP contribution is 2.30. The molecule has 2 aromatic rings. The van der Waals surface area contributed by atoms with Gasteiger partial charge in [0.2, 0.25) is 5.91 Å². The van der Waals surface area contributed by atoms with Crippen molar-refractivity contribution < 1.29 is 4.79 Å². The van der Waals surface area contributed by atoms with E-state index in [2.05, 4.69) is 27.4 Å². The molecule has 0 bridgehead atoms. The number of anilines is 1. The van der Waals surface area contributed by atoms with Gasteiger partial charge in [0.05, 0.1) is 0 Å². The molecule has 1 saturated heterocycles. The van der Waals surface area contributed by atoms with E-state index in [0.717, 1.165) is 31.7 Å². The molecule has 0 spiro atoms. The number of carbonyl (C=O) groups is 1. The summed E-state index contributed by atoms with van der Waals surface area (Å²) in [6.07, 6.45) is 3.92. The predicted molar refractivity (Wildman–Crippen MR) is 83.3 cm³/mol. The molecule has 0 aromatic carbocycles. The van der Waals surface area contributed by atoms with Crippen LogP contribution in [0.4, 0.5) is 5.82 Å². The van der Waals surface area contributed by atoms with Crippen LogP contribution in [0.15, 0.2) is 23.7 Å². The van der Waals surface area contributed by atoms with Gasteiger partial charge < -0.3 is 9.80 Å². The highest BCUT2D eigenvalue weighted by molar-refractivity contribution is 7.17. The van der Waals surface area contributed by atoms with Crippen LogP contribution in [0.5, 0.6) is 0 Å². The van der Waals surface area contributed by atoms with Crippen LogP contribution in [0.2, 0.25) is 0 Å². The van der Waals surface area contributed by atoms with Gasteiger partial charge in [0, 0.05) is 49.4 Å². The fourth-order valence-electron chi connectivity index (χ4n) is 2.85. The Labute approximate surface area is 123 Å². The lowest BCUT2D eigenvalue weighted by Crippen LogP contribution is -2.45. The maximum Gasteiger partial charge on any atom is 0.219 e. The third kappa shape index (κ3) is 2.38. The minimum absolute atomic E-state index is 0.154. The van der Waals surface area contributed by atoms with Crippen LogP contribution in [-0.4, -0.2) is 42.0 Å². The number of piperidine rings is 1. The zero-order valence-corrected chi connectivity index (χ0v) is 12.7. The molecule has 1 amide bonds. The monoisotopic (exact) mass is 289 g/mol. The quantitative estimate of drug-likeness (QED) is 0.853. The number of amides is 1. The van der Waals surface area contributed by atoms with Gasteiger partial charge in [-0.3, -0.25) is 4.79 Å². The first-order chi connectivity index (χ1) is 9.66. The van der Waals surface area contributed by atoms with E-state index >= 15 is 0 Å². The van der Waals surface area contributed by atoms with E-state index in [1.807, 2.05) is 18.1 Å². The molecule has 1 aliphatic rings. The molecule has 0 radical (unpaired) electrons. The molecule has 4 nitrogen and oxygen atoms in total. The van der Waals surface area contributed by atoms with Crippen LogP contribution in [0.1, 0.15) is 19.8 Å². The standard InChI is InChI=1S/C15H19N3OS/c1-11(19)17(2)12-4-8-18(9-5-12)15-13-6-10-20-14(13)3-7-16-15/h3,6-7,10,12H,4-5,8-9H2,1-2H3. The molecule has 20 heavy (non-hydrogen) atoms. The zero-order chi connectivity index (χ0) is 14.1. The van der Waals surface area contributed by atoms with Gasteiger partial charge in [0.15, 0.2) is 0 Å². The summed E-state index contributed by atoms with van der Waals surface area (Å²) >= 11 is 1.76. The van der Waals surface area contributed by atoms with E-state index in [-0.39, 0.29) is 5.91 Å². The first-order valence-corrected chi connectivity index (χ1v) is 7.85. The maximum atomic E-state index is 11.4. The van der Waals surface area contributed by atoms with Crippen molar-refractivity contribution in [3.8, 4) is 0 Å². The van der Waals surface area contributed by atoms with Gasteiger partial charge in [-0.1, -0.05) is 0 Å². The molecule has 1 aliphatic heterocycles. The second kappa shape index (κ2) is 5.40. The number of aromatic nitrogens is 1. The Morgan fingerprint density at radius 2 is 2.15 bits per heavy atom. The average Bonchev–Trinajstić information content (AvgIpc) is 2.95. The number of rotatable bonds is 2. The number of pyridine rings is 1. The van der Waals surface area contributed by atoms with Gasteiger partial charge in [-0.05, 0) is 30.4 Å². The van der Waals surface area contributed by atoms with Gasteiger partial charge in [-0.15, -0.1) is 11.3 Å². The van der Waals surface area contributed by atoms with E-state index in [4.69, 9.17) is 0 Å². The van der Waals surface area contributed by atoms with E-state index in [1.54, 1.807) is 18.3 Å². The second-order valence-corrected chi connectivity index (χ2v) is 6.26. The van der Waals surface area contributed by atoms with Gasteiger partial charge in [-0.25, -0.2) is 4.98 Å². The lowest BCUT2D eigenvalue weighted by Gasteiger charge is -2.37. The average molecular weight is 289 g/mol. The topological polar surface area (TPSA) is 36.4 Å². The normalized spacial score (nSPS) is 16.6. The van der Waals surface area contributed by atoms with Crippen LogP contribution < -0.4 is 4.90 Å². The molecule has 106 valence electrons. The summed E-state index contributed by atoms with van der Waals surface area (Å²) in [4.78, 5) is 20.2. The zero-order valence-electron chi connectivity index (χ0n) is 11.9. The molecule has 0 saturated carbocycles. The highest BCUT2D eigenvalue weighted by atomic mass is 32.1. The number of hydrogen-bond donors (Lipinski definition) is 0. The molecule has 0 unspecified atom stereocenters. The summed E-state index contributed by atoms with van der Waals surface area (Å²) in [6, 6.07) is 4.58. The van der Waals surface area contributed by atoms with Crippen molar-refractivity contribution in [1.29, 1.82) is 0 Å². The number of nitrogens with zero attached hydrogens (tertiary/aromatic N) is 3. The van der Waals surface area contributed by atoms with Crippen LogP contribution in [0.3, 0.4) is 0 Å². The van der Waals surface area contributed by atoms with Crippen molar-refractivity contribution in [2.24, 2.45) is 0 Å². The van der Waals surface area contributed by atoms with E-state index in [9.17, 15) is 4.79 Å². The van der Waals surface area contributed by atoms with E-state index < -0.39 is 0 Å². The van der Waals surface area contributed by atoms with Crippen LogP contribution in [0, 0.1) is 0 Å². The molecule has 2 aromatic heterocycles. The summed E-state index contributed by atoms with van der Waals surface area (Å²) in [5.74, 6) is 1.24. The summed E-state index contributed by atoms with van der Waals surface area (Å²) in [5, 5.41) is 3.36.